The third-order valence-corrected chi connectivity index (χ3v) is 11.0. The molecule has 256 valence electrons. The standard InChI is InChI=1S/C50H40N2O/c1-29(2)40-25-36(32-13-7-6-8-14-32)26-41(30(3)4)47(40)52-48-38-18-12-10-16-34(38)22-24-44(48)51-50(52)39-23-19-31(5)46-43-28-42-35(27-45(43)53-49(39)46)21-20-33-15-9-11-17-37(33)42/h6-30H,1-5H3/i5D3. The second-order valence-electron chi connectivity index (χ2n) is 14.9. The summed E-state index contributed by atoms with van der Waals surface area (Å²) in [5, 5.41) is 7.93. The van der Waals surface area contributed by atoms with E-state index in [0.29, 0.717) is 22.4 Å². The molecule has 0 aliphatic rings. The fourth-order valence-electron chi connectivity index (χ4n) is 8.41. The van der Waals surface area contributed by atoms with Gasteiger partial charge < -0.3 is 4.42 Å². The summed E-state index contributed by atoms with van der Waals surface area (Å²) in [5.41, 5.74) is 9.92. The predicted octanol–water partition coefficient (Wildman–Crippen LogP) is 14.3. The summed E-state index contributed by atoms with van der Waals surface area (Å²) in [4.78, 5) is 5.46. The molecule has 10 aromatic rings. The molecule has 0 spiro atoms. The number of benzene rings is 8. The second kappa shape index (κ2) is 11.9. The number of rotatable bonds is 5. The number of hydrogen-bond acceptors (Lipinski definition) is 2. The van der Waals surface area contributed by atoms with Crippen LogP contribution < -0.4 is 0 Å². The van der Waals surface area contributed by atoms with Gasteiger partial charge in [-0.15, -0.1) is 0 Å². The van der Waals surface area contributed by atoms with Gasteiger partial charge in [-0.2, -0.15) is 0 Å². The molecular formula is C50H40N2O. The van der Waals surface area contributed by atoms with Gasteiger partial charge in [-0.1, -0.05) is 131 Å². The predicted molar refractivity (Wildman–Crippen MR) is 225 cm³/mol. The van der Waals surface area contributed by atoms with E-state index in [1.54, 1.807) is 6.07 Å². The molecule has 53 heavy (non-hydrogen) atoms. The minimum absolute atomic E-state index is 0.179. The van der Waals surface area contributed by atoms with Crippen LogP contribution >= 0.6 is 0 Å². The zero-order valence-electron chi connectivity index (χ0n) is 33.2. The highest BCUT2D eigenvalue weighted by Crippen LogP contribution is 2.45. The zero-order valence-corrected chi connectivity index (χ0v) is 30.2. The van der Waals surface area contributed by atoms with Crippen molar-refractivity contribution < 1.29 is 8.53 Å². The van der Waals surface area contributed by atoms with Crippen molar-refractivity contribution in [2.75, 3.05) is 0 Å². The number of furan rings is 1. The lowest BCUT2D eigenvalue weighted by Crippen LogP contribution is -2.09. The summed E-state index contributed by atoms with van der Waals surface area (Å²) < 4.78 is 35.4. The van der Waals surface area contributed by atoms with E-state index in [2.05, 4.69) is 148 Å². The molecule has 3 nitrogen and oxygen atoms in total. The van der Waals surface area contributed by atoms with Gasteiger partial charge in [0.05, 0.1) is 22.3 Å². The molecule has 0 atom stereocenters. The maximum absolute atomic E-state index is 8.71. The van der Waals surface area contributed by atoms with Crippen molar-refractivity contribution in [2.24, 2.45) is 0 Å². The zero-order chi connectivity index (χ0) is 38.5. The van der Waals surface area contributed by atoms with E-state index in [1.807, 2.05) is 18.2 Å². The van der Waals surface area contributed by atoms with E-state index in [1.165, 1.54) is 22.3 Å². The van der Waals surface area contributed by atoms with Crippen molar-refractivity contribution >= 4 is 65.3 Å². The molecule has 3 heteroatoms. The van der Waals surface area contributed by atoms with Crippen LogP contribution in [0.25, 0.3) is 93.5 Å². The van der Waals surface area contributed by atoms with Crippen LogP contribution in [0.3, 0.4) is 0 Å². The number of aryl methyl sites for hydroxylation is 1. The number of hydrogen-bond donors (Lipinski definition) is 0. The van der Waals surface area contributed by atoms with Gasteiger partial charge in [-0.3, -0.25) is 4.57 Å². The molecule has 2 heterocycles. The van der Waals surface area contributed by atoms with Crippen molar-refractivity contribution in [3.8, 4) is 28.2 Å². The molecule has 10 rings (SSSR count). The molecule has 0 unspecified atom stereocenters. The van der Waals surface area contributed by atoms with Crippen molar-refractivity contribution in [1.29, 1.82) is 0 Å². The molecule has 0 saturated carbocycles. The average Bonchev–Trinajstić information content (AvgIpc) is 3.78. The number of nitrogens with zero attached hydrogens (tertiary/aromatic N) is 2. The maximum atomic E-state index is 8.71. The average molecular weight is 688 g/mol. The highest BCUT2D eigenvalue weighted by molar-refractivity contribution is 6.19. The van der Waals surface area contributed by atoms with Gasteiger partial charge in [0.15, 0.2) is 0 Å². The van der Waals surface area contributed by atoms with Crippen molar-refractivity contribution in [3.05, 3.63) is 156 Å². The van der Waals surface area contributed by atoms with Crippen LogP contribution in [-0.4, -0.2) is 9.55 Å². The Hall–Kier alpha value is -6.19. The molecule has 0 saturated heterocycles. The van der Waals surface area contributed by atoms with E-state index in [9.17, 15) is 0 Å². The van der Waals surface area contributed by atoms with E-state index >= 15 is 0 Å². The third kappa shape index (κ3) is 4.84. The Labute approximate surface area is 313 Å². The Morgan fingerprint density at radius 3 is 1.98 bits per heavy atom. The van der Waals surface area contributed by atoms with Crippen LogP contribution in [0.15, 0.2) is 144 Å². The fraction of sp³-hybridized carbons (Fsp3) is 0.140. The summed E-state index contributed by atoms with van der Waals surface area (Å²) in [6, 6.07) is 48.4. The van der Waals surface area contributed by atoms with Crippen LogP contribution in [0.2, 0.25) is 0 Å². The number of aromatic nitrogens is 2. The first-order valence-corrected chi connectivity index (χ1v) is 18.5. The van der Waals surface area contributed by atoms with Crippen LogP contribution in [0, 0.1) is 6.85 Å². The largest absolute Gasteiger partial charge is 0.455 e. The Bertz CT molecular complexity index is 3160. The SMILES string of the molecule is [2H]C([2H])([2H])c1ccc(-c2nc3ccc4ccccc4c3n2-c2c(C(C)C)cc(-c3ccccc3)cc2C(C)C)c2oc3cc4ccc5ccccc5c4cc3c12. The number of fused-ring (bicyclic) bond motifs is 9. The van der Waals surface area contributed by atoms with E-state index in [4.69, 9.17) is 13.5 Å². The highest BCUT2D eigenvalue weighted by atomic mass is 16.3. The Morgan fingerprint density at radius 1 is 0.585 bits per heavy atom. The molecule has 0 aliphatic carbocycles. The highest BCUT2D eigenvalue weighted by Gasteiger charge is 2.27. The lowest BCUT2D eigenvalue weighted by atomic mass is 9.88. The summed E-state index contributed by atoms with van der Waals surface area (Å²) in [5.74, 6) is 1.07. The first-order valence-electron chi connectivity index (χ1n) is 20.0. The molecule has 0 N–H and O–H groups in total. The van der Waals surface area contributed by atoms with E-state index in [0.717, 1.165) is 60.0 Å². The minimum Gasteiger partial charge on any atom is -0.455 e. The molecule has 0 fully saturated rings. The summed E-state index contributed by atoms with van der Waals surface area (Å²) in [6.45, 7) is 6.65. The molecule has 0 amide bonds. The summed E-state index contributed by atoms with van der Waals surface area (Å²) in [7, 11) is 0. The van der Waals surface area contributed by atoms with Crippen LogP contribution in [0.4, 0.5) is 0 Å². The van der Waals surface area contributed by atoms with Crippen LogP contribution in [-0.2, 0) is 0 Å². The normalized spacial score (nSPS) is 13.3. The second-order valence-corrected chi connectivity index (χ2v) is 14.9. The van der Waals surface area contributed by atoms with Crippen LogP contribution in [0.5, 0.6) is 0 Å². The van der Waals surface area contributed by atoms with Gasteiger partial charge in [0, 0.05) is 20.3 Å². The fourth-order valence-corrected chi connectivity index (χ4v) is 8.41. The first-order chi connectivity index (χ1) is 27.1. The molecule has 2 aromatic heterocycles. The molecule has 0 radical (unpaired) electrons. The summed E-state index contributed by atoms with van der Waals surface area (Å²) >= 11 is 0. The number of imidazole rings is 1. The van der Waals surface area contributed by atoms with Gasteiger partial charge >= 0.3 is 0 Å². The van der Waals surface area contributed by atoms with Crippen LogP contribution in [0.1, 0.15) is 60.3 Å². The third-order valence-electron chi connectivity index (χ3n) is 11.0. The topological polar surface area (TPSA) is 31.0 Å². The molecule has 0 bridgehead atoms. The van der Waals surface area contributed by atoms with Gasteiger partial charge in [0.1, 0.15) is 17.0 Å². The molecule has 0 aliphatic heterocycles. The Balaban J connectivity index is 1.37. The quantitative estimate of drug-likeness (QED) is 0.169. The molecule has 8 aromatic carbocycles. The lowest BCUT2D eigenvalue weighted by Gasteiger charge is -2.24. The Kier molecular flexibility index (Phi) is 6.39. The van der Waals surface area contributed by atoms with Gasteiger partial charge in [0.25, 0.3) is 0 Å². The van der Waals surface area contributed by atoms with E-state index in [-0.39, 0.29) is 17.4 Å². The van der Waals surface area contributed by atoms with Gasteiger partial charge in [-0.05, 0) is 110 Å². The first kappa shape index (κ1) is 28.4. The monoisotopic (exact) mass is 687 g/mol. The van der Waals surface area contributed by atoms with Crippen molar-refractivity contribution in [3.63, 3.8) is 0 Å². The smallest absolute Gasteiger partial charge is 0.149 e. The van der Waals surface area contributed by atoms with E-state index < -0.39 is 6.85 Å². The van der Waals surface area contributed by atoms with Crippen molar-refractivity contribution in [1.82, 2.24) is 9.55 Å². The minimum atomic E-state index is -2.37. The lowest BCUT2D eigenvalue weighted by molar-refractivity contribution is 0.670. The van der Waals surface area contributed by atoms with Gasteiger partial charge in [-0.25, -0.2) is 4.98 Å². The Morgan fingerprint density at radius 2 is 1.25 bits per heavy atom. The summed E-state index contributed by atoms with van der Waals surface area (Å²) in [6.07, 6.45) is 0. The molecular weight excluding hydrogens is 645 g/mol. The maximum Gasteiger partial charge on any atom is 0.149 e. The van der Waals surface area contributed by atoms with Crippen molar-refractivity contribution in [2.45, 2.75) is 46.4 Å². The van der Waals surface area contributed by atoms with Gasteiger partial charge in [0.2, 0.25) is 0 Å².